The van der Waals surface area contributed by atoms with Crippen molar-refractivity contribution in [2.24, 2.45) is 0 Å². The molecule has 1 aromatic heterocycles. The minimum Gasteiger partial charge on any atom is -0.383 e. The Hall–Kier alpha value is -1.00. The van der Waals surface area contributed by atoms with E-state index in [2.05, 4.69) is 46.9 Å². The van der Waals surface area contributed by atoms with Crippen molar-refractivity contribution >= 4 is 0 Å². The minimum atomic E-state index is -0.00595. The van der Waals surface area contributed by atoms with Gasteiger partial charge in [-0.05, 0) is 25.3 Å². The van der Waals surface area contributed by atoms with Gasteiger partial charge in [0, 0.05) is 37.0 Å². The van der Waals surface area contributed by atoms with Gasteiger partial charge < -0.3 is 10.1 Å². The number of ether oxygens (including phenoxy) is 1. The fourth-order valence-corrected chi connectivity index (χ4v) is 2.37. The molecule has 0 fully saturated rings. The molecule has 1 unspecified atom stereocenters. The molecule has 0 bridgehead atoms. The number of nitrogens with zero attached hydrogens (tertiary/aromatic N) is 2. The van der Waals surface area contributed by atoms with Gasteiger partial charge in [-0.15, -0.1) is 0 Å². The van der Waals surface area contributed by atoms with Crippen molar-refractivity contribution in [3.8, 4) is 0 Å². The van der Waals surface area contributed by atoms with Gasteiger partial charge in [0.1, 0.15) is 5.82 Å². The topological polar surface area (TPSA) is 47.0 Å². The Balaban J connectivity index is 2.85. The fraction of sp³-hybridized carbons (Fsp3) is 0.750. The molecule has 1 atom stereocenters. The predicted molar refractivity (Wildman–Crippen MR) is 83.4 cm³/mol. The number of aryl methyl sites for hydroxylation is 2. The molecule has 1 aromatic rings. The second-order valence-corrected chi connectivity index (χ2v) is 6.48. The van der Waals surface area contributed by atoms with Crippen molar-refractivity contribution in [1.82, 2.24) is 15.3 Å². The Morgan fingerprint density at radius 1 is 1.15 bits per heavy atom. The Kier molecular flexibility index (Phi) is 6.08. The predicted octanol–water partition coefficient (Wildman–Crippen LogP) is 2.73. The molecular weight excluding hydrogens is 250 g/mol. The summed E-state index contributed by atoms with van der Waals surface area (Å²) in [5.41, 5.74) is 3.46. The molecule has 0 aliphatic rings. The van der Waals surface area contributed by atoms with Gasteiger partial charge in [-0.2, -0.15) is 0 Å². The molecule has 0 saturated carbocycles. The average Bonchev–Trinajstić information content (AvgIpc) is 2.32. The van der Waals surface area contributed by atoms with Crippen molar-refractivity contribution in [2.45, 2.75) is 52.9 Å². The maximum Gasteiger partial charge on any atom is 0.134 e. The van der Waals surface area contributed by atoms with E-state index in [1.807, 2.05) is 0 Å². The third kappa shape index (κ3) is 4.53. The summed E-state index contributed by atoms with van der Waals surface area (Å²) in [5, 5.41) is 3.40. The van der Waals surface area contributed by atoms with Crippen LogP contribution in [0.5, 0.6) is 0 Å². The smallest absolute Gasteiger partial charge is 0.134 e. The fourth-order valence-electron chi connectivity index (χ4n) is 2.37. The lowest BCUT2D eigenvalue weighted by Crippen LogP contribution is -2.26. The quantitative estimate of drug-likeness (QED) is 0.813. The van der Waals surface area contributed by atoms with E-state index in [-0.39, 0.29) is 5.41 Å². The van der Waals surface area contributed by atoms with Crippen LogP contribution in [0.25, 0.3) is 0 Å². The van der Waals surface area contributed by atoms with Crippen LogP contribution < -0.4 is 5.32 Å². The highest BCUT2D eigenvalue weighted by Gasteiger charge is 2.21. The molecule has 0 saturated heterocycles. The highest BCUT2D eigenvalue weighted by Crippen LogP contribution is 2.25. The first-order valence-electron chi connectivity index (χ1n) is 7.32. The lowest BCUT2D eigenvalue weighted by Gasteiger charge is -2.22. The summed E-state index contributed by atoms with van der Waals surface area (Å²) in [6, 6.07) is 0. The van der Waals surface area contributed by atoms with Gasteiger partial charge in [-0.1, -0.05) is 27.7 Å². The number of methoxy groups -OCH3 is 1. The molecule has 0 aromatic carbocycles. The zero-order valence-corrected chi connectivity index (χ0v) is 14.0. The minimum absolute atomic E-state index is 0.00595. The van der Waals surface area contributed by atoms with Crippen LogP contribution in [0.15, 0.2) is 0 Å². The molecule has 0 amide bonds. The standard InChI is InChI=1S/C16H29N3O/c1-11(10-17-8-9-20-7)14-12(2)18-15(16(4,5)6)19-13(14)3/h11,17H,8-10H2,1-7H3. The molecule has 20 heavy (non-hydrogen) atoms. The van der Waals surface area contributed by atoms with Crippen LogP contribution in [0.3, 0.4) is 0 Å². The molecule has 0 aliphatic carbocycles. The second-order valence-electron chi connectivity index (χ2n) is 6.48. The van der Waals surface area contributed by atoms with E-state index in [4.69, 9.17) is 14.7 Å². The number of nitrogens with one attached hydrogen (secondary N) is 1. The van der Waals surface area contributed by atoms with Gasteiger partial charge in [0.2, 0.25) is 0 Å². The number of hydrogen-bond donors (Lipinski definition) is 1. The SMILES string of the molecule is COCCNCC(C)c1c(C)nc(C(C)(C)C)nc1C. The summed E-state index contributed by atoms with van der Waals surface area (Å²) in [7, 11) is 1.72. The molecule has 4 nitrogen and oxygen atoms in total. The van der Waals surface area contributed by atoms with Gasteiger partial charge in [0.15, 0.2) is 0 Å². The lowest BCUT2D eigenvalue weighted by molar-refractivity contribution is 0.199. The molecule has 0 radical (unpaired) electrons. The van der Waals surface area contributed by atoms with Gasteiger partial charge in [-0.3, -0.25) is 0 Å². The second kappa shape index (κ2) is 7.14. The molecule has 114 valence electrons. The van der Waals surface area contributed by atoms with E-state index in [1.54, 1.807) is 7.11 Å². The van der Waals surface area contributed by atoms with E-state index in [1.165, 1.54) is 5.56 Å². The normalized spacial score (nSPS) is 13.6. The van der Waals surface area contributed by atoms with Gasteiger partial charge >= 0.3 is 0 Å². The van der Waals surface area contributed by atoms with E-state index in [0.29, 0.717) is 5.92 Å². The highest BCUT2D eigenvalue weighted by atomic mass is 16.5. The Morgan fingerprint density at radius 3 is 2.15 bits per heavy atom. The van der Waals surface area contributed by atoms with Crippen LogP contribution in [-0.2, 0) is 10.2 Å². The molecule has 4 heteroatoms. The summed E-state index contributed by atoms with van der Waals surface area (Å²) in [6.45, 7) is 15.4. The van der Waals surface area contributed by atoms with Crippen LogP contribution in [0.2, 0.25) is 0 Å². The van der Waals surface area contributed by atoms with Crippen LogP contribution in [0, 0.1) is 13.8 Å². The summed E-state index contributed by atoms with van der Waals surface area (Å²) in [5.74, 6) is 1.33. The highest BCUT2D eigenvalue weighted by molar-refractivity contribution is 5.29. The monoisotopic (exact) mass is 279 g/mol. The zero-order valence-electron chi connectivity index (χ0n) is 14.0. The van der Waals surface area contributed by atoms with Crippen LogP contribution in [0.4, 0.5) is 0 Å². The van der Waals surface area contributed by atoms with Crippen LogP contribution in [0.1, 0.15) is 56.4 Å². The first-order chi connectivity index (χ1) is 9.27. The van der Waals surface area contributed by atoms with Crippen molar-refractivity contribution in [3.05, 3.63) is 22.8 Å². The van der Waals surface area contributed by atoms with Crippen molar-refractivity contribution in [3.63, 3.8) is 0 Å². The molecule has 1 heterocycles. The van der Waals surface area contributed by atoms with E-state index >= 15 is 0 Å². The Morgan fingerprint density at radius 2 is 1.70 bits per heavy atom. The van der Waals surface area contributed by atoms with Crippen LogP contribution >= 0.6 is 0 Å². The van der Waals surface area contributed by atoms with Gasteiger partial charge in [0.25, 0.3) is 0 Å². The largest absolute Gasteiger partial charge is 0.383 e. The summed E-state index contributed by atoms with van der Waals surface area (Å²) in [4.78, 5) is 9.41. The number of rotatable bonds is 6. The first kappa shape index (κ1) is 17.1. The lowest BCUT2D eigenvalue weighted by atomic mass is 9.93. The van der Waals surface area contributed by atoms with Crippen LogP contribution in [-0.4, -0.2) is 36.8 Å². The van der Waals surface area contributed by atoms with E-state index in [0.717, 1.165) is 36.9 Å². The van der Waals surface area contributed by atoms with Gasteiger partial charge in [0.05, 0.1) is 6.61 Å². The third-order valence-electron chi connectivity index (χ3n) is 3.42. The summed E-state index contributed by atoms with van der Waals surface area (Å²) in [6.07, 6.45) is 0. The zero-order chi connectivity index (χ0) is 15.3. The average molecular weight is 279 g/mol. The molecule has 0 spiro atoms. The molecule has 1 N–H and O–H groups in total. The Bertz CT molecular complexity index is 415. The summed E-state index contributed by atoms with van der Waals surface area (Å²) >= 11 is 0. The van der Waals surface area contributed by atoms with E-state index < -0.39 is 0 Å². The van der Waals surface area contributed by atoms with Crippen molar-refractivity contribution in [2.75, 3.05) is 26.8 Å². The van der Waals surface area contributed by atoms with E-state index in [9.17, 15) is 0 Å². The number of aromatic nitrogens is 2. The van der Waals surface area contributed by atoms with Crippen molar-refractivity contribution < 1.29 is 4.74 Å². The first-order valence-corrected chi connectivity index (χ1v) is 7.32. The maximum absolute atomic E-state index is 5.04. The van der Waals surface area contributed by atoms with Gasteiger partial charge in [-0.25, -0.2) is 9.97 Å². The van der Waals surface area contributed by atoms with Crippen molar-refractivity contribution in [1.29, 1.82) is 0 Å². The molecular formula is C16H29N3O. The maximum atomic E-state index is 5.04. The summed E-state index contributed by atoms with van der Waals surface area (Å²) < 4.78 is 5.04. The molecule has 0 aliphatic heterocycles. The third-order valence-corrected chi connectivity index (χ3v) is 3.42. The molecule has 1 rings (SSSR count). The Labute approximate surface area is 123 Å². The number of hydrogen-bond acceptors (Lipinski definition) is 4.